The summed E-state index contributed by atoms with van der Waals surface area (Å²) in [6, 6.07) is 11.1. The highest BCUT2D eigenvalue weighted by molar-refractivity contribution is 7.89. The number of ether oxygens (including phenoxy) is 1. The number of sulfonamides is 1. The molecule has 38 heavy (non-hydrogen) atoms. The predicted molar refractivity (Wildman–Crippen MR) is 148 cm³/mol. The summed E-state index contributed by atoms with van der Waals surface area (Å²) in [5.41, 5.74) is 1.96. The minimum absolute atomic E-state index is 0.120. The molecule has 1 N–H and O–H groups in total. The second-order valence-electron chi connectivity index (χ2n) is 10.3. The number of aryl methyl sites for hydroxylation is 1. The summed E-state index contributed by atoms with van der Waals surface area (Å²) in [5.74, 6) is 0.651. The van der Waals surface area contributed by atoms with Crippen LogP contribution in [0.3, 0.4) is 0 Å². The third kappa shape index (κ3) is 6.72. The molecule has 1 amide bonds. The summed E-state index contributed by atoms with van der Waals surface area (Å²) in [6.45, 7) is 17.7. The van der Waals surface area contributed by atoms with Crippen LogP contribution >= 0.6 is 0 Å². The standard InChI is InChI=1S/C28H37N5O4S/c1-21-16-25(37-15-14-31-12-5-6-13-31)10-11-27(21)30-28(34)20-32-18-22(2)33(23(3)19-32)38(35,36)26-9-7-8-24(17-26)29-4/h7-11,16-17,22-23H,5-6,12-15,18-20H2,1-3H3,(H,30,34). The van der Waals surface area contributed by atoms with Crippen LogP contribution in [0, 0.1) is 13.5 Å². The summed E-state index contributed by atoms with van der Waals surface area (Å²) in [7, 11) is -3.77. The smallest absolute Gasteiger partial charge is 0.242 e. The van der Waals surface area contributed by atoms with Gasteiger partial charge in [-0.15, -0.1) is 0 Å². The van der Waals surface area contributed by atoms with Crippen LogP contribution in [0.4, 0.5) is 11.4 Å². The van der Waals surface area contributed by atoms with Crippen LogP contribution in [0.2, 0.25) is 0 Å². The van der Waals surface area contributed by atoms with Crippen LogP contribution in [0.1, 0.15) is 32.3 Å². The van der Waals surface area contributed by atoms with Gasteiger partial charge < -0.3 is 10.1 Å². The van der Waals surface area contributed by atoms with Gasteiger partial charge >= 0.3 is 0 Å². The van der Waals surface area contributed by atoms with E-state index >= 15 is 0 Å². The molecule has 9 nitrogen and oxygen atoms in total. The van der Waals surface area contributed by atoms with Gasteiger partial charge in [0.1, 0.15) is 12.4 Å². The molecule has 0 aliphatic carbocycles. The Morgan fingerprint density at radius 3 is 2.45 bits per heavy atom. The maximum atomic E-state index is 13.4. The number of hydrogen-bond donors (Lipinski definition) is 1. The van der Waals surface area contributed by atoms with Gasteiger partial charge in [0.15, 0.2) is 5.69 Å². The Morgan fingerprint density at radius 1 is 1.08 bits per heavy atom. The molecule has 2 unspecified atom stereocenters. The average molecular weight is 540 g/mol. The van der Waals surface area contributed by atoms with Crippen molar-refractivity contribution in [2.45, 2.75) is 50.6 Å². The number of carbonyl (C=O) groups is 1. The zero-order valence-corrected chi connectivity index (χ0v) is 23.2. The first-order valence-corrected chi connectivity index (χ1v) is 14.6. The lowest BCUT2D eigenvalue weighted by Gasteiger charge is -2.43. The summed E-state index contributed by atoms with van der Waals surface area (Å²) in [4.78, 5) is 20.7. The van der Waals surface area contributed by atoms with Gasteiger partial charge in [0, 0.05) is 37.4 Å². The summed E-state index contributed by atoms with van der Waals surface area (Å²) in [6.07, 6.45) is 2.53. The van der Waals surface area contributed by atoms with Crippen molar-refractivity contribution in [3.8, 4) is 5.75 Å². The molecule has 2 aromatic carbocycles. The van der Waals surface area contributed by atoms with E-state index in [1.54, 1.807) is 12.1 Å². The molecule has 2 aliphatic heterocycles. The SMILES string of the molecule is [C-]#[N+]c1cccc(S(=O)(=O)N2C(C)CN(CC(=O)Nc3ccc(OCCN4CCCC4)cc3C)CC2C)c1. The first-order chi connectivity index (χ1) is 18.2. The minimum atomic E-state index is -3.77. The number of nitrogens with zero attached hydrogens (tertiary/aromatic N) is 4. The topological polar surface area (TPSA) is 86.5 Å². The van der Waals surface area contributed by atoms with Crippen LogP contribution < -0.4 is 10.1 Å². The van der Waals surface area contributed by atoms with Gasteiger partial charge in [-0.25, -0.2) is 13.3 Å². The molecule has 2 aliphatic rings. The normalized spacial score (nSPS) is 21.2. The molecular formula is C28H37N5O4S. The third-order valence-corrected chi connectivity index (χ3v) is 9.27. The zero-order valence-electron chi connectivity index (χ0n) is 22.4. The Kier molecular flexibility index (Phi) is 9.05. The Bertz CT molecular complexity index is 1270. The number of likely N-dealkylation sites (tertiary alicyclic amines) is 1. The highest BCUT2D eigenvalue weighted by Gasteiger charge is 2.38. The molecule has 2 saturated heterocycles. The maximum Gasteiger partial charge on any atom is 0.242 e. The van der Waals surface area contributed by atoms with Crippen molar-refractivity contribution in [2.24, 2.45) is 0 Å². The van der Waals surface area contributed by atoms with Gasteiger partial charge in [-0.2, -0.15) is 4.31 Å². The molecule has 0 spiro atoms. The van der Waals surface area contributed by atoms with Gasteiger partial charge in [0.05, 0.1) is 18.0 Å². The van der Waals surface area contributed by atoms with Gasteiger partial charge in [0.2, 0.25) is 15.9 Å². The number of anilines is 1. The van der Waals surface area contributed by atoms with Crippen molar-refractivity contribution in [3.63, 3.8) is 0 Å². The van der Waals surface area contributed by atoms with Crippen LogP contribution in [0.5, 0.6) is 5.75 Å². The number of hydrogen-bond acceptors (Lipinski definition) is 6. The van der Waals surface area contributed by atoms with Crippen LogP contribution in [-0.2, 0) is 14.8 Å². The van der Waals surface area contributed by atoms with Crippen molar-refractivity contribution >= 4 is 27.3 Å². The van der Waals surface area contributed by atoms with E-state index in [9.17, 15) is 13.2 Å². The molecule has 2 heterocycles. The molecule has 204 valence electrons. The quantitative estimate of drug-likeness (QED) is 0.489. The zero-order chi connectivity index (χ0) is 27.3. The number of piperazine rings is 1. The molecule has 0 bridgehead atoms. The van der Waals surface area contributed by atoms with E-state index in [0.29, 0.717) is 25.4 Å². The van der Waals surface area contributed by atoms with E-state index in [1.807, 2.05) is 43.9 Å². The molecule has 10 heteroatoms. The summed E-state index contributed by atoms with van der Waals surface area (Å²) < 4.78 is 34.1. The Labute approximate surface area is 226 Å². The number of nitrogens with one attached hydrogen (secondary N) is 1. The Morgan fingerprint density at radius 2 is 1.79 bits per heavy atom. The Hall–Kier alpha value is -2.97. The minimum Gasteiger partial charge on any atom is -0.492 e. The van der Waals surface area contributed by atoms with Crippen molar-refractivity contribution in [1.82, 2.24) is 14.1 Å². The molecule has 2 fully saturated rings. The van der Waals surface area contributed by atoms with E-state index < -0.39 is 10.0 Å². The van der Waals surface area contributed by atoms with Crippen molar-refractivity contribution < 1.29 is 17.9 Å². The maximum absolute atomic E-state index is 13.4. The van der Waals surface area contributed by atoms with E-state index in [0.717, 1.165) is 36.6 Å². The lowest BCUT2D eigenvalue weighted by molar-refractivity contribution is -0.118. The lowest BCUT2D eigenvalue weighted by atomic mass is 10.1. The molecule has 0 radical (unpaired) electrons. The highest BCUT2D eigenvalue weighted by atomic mass is 32.2. The van der Waals surface area contributed by atoms with Crippen molar-refractivity contribution in [2.75, 3.05) is 51.2 Å². The molecule has 4 rings (SSSR count). The summed E-state index contributed by atoms with van der Waals surface area (Å²) >= 11 is 0. The van der Waals surface area contributed by atoms with Crippen LogP contribution in [0.15, 0.2) is 47.4 Å². The molecule has 2 aromatic rings. The Balaban J connectivity index is 1.31. The molecule has 0 aromatic heterocycles. The monoisotopic (exact) mass is 539 g/mol. The first-order valence-electron chi connectivity index (χ1n) is 13.2. The van der Waals surface area contributed by atoms with Gasteiger partial charge in [0.25, 0.3) is 0 Å². The average Bonchev–Trinajstić information content (AvgIpc) is 3.38. The fourth-order valence-corrected chi connectivity index (χ4v) is 7.26. The highest BCUT2D eigenvalue weighted by Crippen LogP contribution is 2.28. The van der Waals surface area contributed by atoms with E-state index in [-0.39, 0.29) is 29.4 Å². The fourth-order valence-electron chi connectivity index (χ4n) is 5.41. The summed E-state index contributed by atoms with van der Waals surface area (Å²) in [5, 5.41) is 2.99. The number of carbonyl (C=O) groups excluding carboxylic acids is 1. The fraction of sp³-hybridized carbons (Fsp3) is 0.500. The van der Waals surface area contributed by atoms with Crippen molar-refractivity contribution in [1.29, 1.82) is 0 Å². The second-order valence-corrected chi connectivity index (χ2v) is 12.1. The van der Waals surface area contributed by atoms with E-state index in [1.165, 1.54) is 29.3 Å². The number of amides is 1. The predicted octanol–water partition coefficient (Wildman–Crippen LogP) is 3.74. The second kappa shape index (κ2) is 12.3. The lowest BCUT2D eigenvalue weighted by Crippen LogP contribution is -2.59. The van der Waals surface area contributed by atoms with Crippen LogP contribution in [-0.4, -0.2) is 86.4 Å². The molecular weight excluding hydrogens is 502 g/mol. The largest absolute Gasteiger partial charge is 0.492 e. The van der Waals surface area contributed by atoms with Gasteiger partial charge in [-0.3, -0.25) is 14.6 Å². The number of rotatable bonds is 9. The van der Waals surface area contributed by atoms with Gasteiger partial charge in [-0.05, 0) is 82.6 Å². The van der Waals surface area contributed by atoms with E-state index in [4.69, 9.17) is 11.3 Å². The van der Waals surface area contributed by atoms with Gasteiger partial charge in [-0.1, -0.05) is 12.1 Å². The molecule has 0 saturated carbocycles. The number of benzene rings is 2. The van der Waals surface area contributed by atoms with E-state index in [2.05, 4.69) is 15.1 Å². The third-order valence-electron chi connectivity index (χ3n) is 7.15. The first kappa shape index (κ1) is 28.0. The molecule has 2 atom stereocenters. The van der Waals surface area contributed by atoms with Crippen LogP contribution in [0.25, 0.3) is 4.85 Å². The van der Waals surface area contributed by atoms with Crippen molar-refractivity contribution in [3.05, 3.63) is 59.4 Å².